The molecule has 0 amide bonds. The summed E-state index contributed by atoms with van der Waals surface area (Å²) in [5, 5.41) is 3.45. The van der Waals surface area contributed by atoms with Gasteiger partial charge in [-0.1, -0.05) is 65.8 Å². The highest BCUT2D eigenvalue weighted by Gasteiger charge is 2.34. The lowest BCUT2D eigenvalue weighted by Gasteiger charge is -2.40. The van der Waals surface area contributed by atoms with E-state index < -0.39 is 0 Å². The molecule has 1 aromatic carbocycles. The summed E-state index contributed by atoms with van der Waals surface area (Å²) in [4.78, 5) is 4.81. The number of piperazine rings is 1. The zero-order valence-electron chi connectivity index (χ0n) is 21.3. The molecule has 2 fully saturated rings. The largest absolute Gasteiger partial charge is 0.379 e. The first-order valence-electron chi connectivity index (χ1n) is 12.3. The van der Waals surface area contributed by atoms with E-state index in [4.69, 9.17) is 4.74 Å². The van der Waals surface area contributed by atoms with E-state index in [9.17, 15) is 0 Å². The number of morpholine rings is 1. The van der Waals surface area contributed by atoms with Gasteiger partial charge in [-0.05, 0) is 42.4 Å². The van der Waals surface area contributed by atoms with Gasteiger partial charge in [-0.15, -0.1) is 0 Å². The molecule has 3 aliphatic rings. The molecule has 31 heavy (non-hydrogen) atoms. The molecular formula is C27H47N3O. The van der Waals surface area contributed by atoms with Gasteiger partial charge in [0.2, 0.25) is 0 Å². The molecule has 0 radical (unpaired) electrons. The molecule has 2 aliphatic heterocycles. The highest BCUT2D eigenvalue weighted by molar-refractivity contribution is 5.78. The number of benzene rings is 1. The van der Waals surface area contributed by atoms with Crippen LogP contribution in [-0.2, 0) is 4.74 Å². The smallest absolute Gasteiger partial charge is 0.0594 e. The molecule has 0 atom stereocenters. The molecule has 0 bridgehead atoms. The Morgan fingerprint density at radius 1 is 0.903 bits per heavy atom. The average Bonchev–Trinajstić information content (AvgIpc) is 2.75. The Kier molecular flexibility index (Phi) is 10.1. The van der Waals surface area contributed by atoms with Crippen molar-refractivity contribution in [1.29, 1.82) is 0 Å². The van der Waals surface area contributed by atoms with E-state index in [2.05, 4.69) is 80.2 Å². The molecule has 0 spiro atoms. The predicted molar refractivity (Wildman–Crippen MR) is 136 cm³/mol. The first-order valence-corrected chi connectivity index (χ1v) is 12.3. The third-order valence-corrected chi connectivity index (χ3v) is 6.11. The van der Waals surface area contributed by atoms with Crippen molar-refractivity contribution in [2.75, 3.05) is 64.4 Å². The Hall–Kier alpha value is -1.36. The van der Waals surface area contributed by atoms with Crippen LogP contribution in [0.1, 0.15) is 59.9 Å². The molecule has 0 aromatic heterocycles. The molecule has 4 heteroatoms. The number of allylic oxidation sites excluding steroid dienone is 2. The fraction of sp³-hybridized carbons (Fsp3) is 0.704. The van der Waals surface area contributed by atoms with Gasteiger partial charge in [-0.2, -0.15) is 0 Å². The highest BCUT2D eigenvalue weighted by atomic mass is 16.5. The van der Waals surface area contributed by atoms with E-state index in [0.717, 1.165) is 52.5 Å². The first-order chi connectivity index (χ1) is 14.8. The van der Waals surface area contributed by atoms with Gasteiger partial charge in [0.05, 0.1) is 13.2 Å². The van der Waals surface area contributed by atoms with Crippen LogP contribution < -0.4 is 10.2 Å². The number of ether oxygens (including phenoxy) is 1. The standard InChI is InChI=1S/C20H30N2.C5H11NO.C2H6/c1-19(2)13-16(14-20(3,4)15-19)17-7-5-6-8-18(17)22-11-9-21-10-12-22;1-6-2-4-7-5-3-6;1-2/h5-8,13,21H,9-12,14-15H2,1-4H3;2-5H2,1H3;1-2H3. The minimum absolute atomic E-state index is 0.285. The van der Waals surface area contributed by atoms with E-state index in [0.29, 0.717) is 5.41 Å². The number of anilines is 1. The predicted octanol–water partition coefficient (Wildman–Crippen LogP) is 5.30. The second-order valence-corrected chi connectivity index (χ2v) is 10.3. The van der Waals surface area contributed by atoms with Gasteiger partial charge < -0.3 is 19.9 Å². The maximum Gasteiger partial charge on any atom is 0.0594 e. The Bertz CT molecular complexity index is 683. The number of likely N-dealkylation sites (N-methyl/N-ethyl adjacent to an activating group) is 1. The second-order valence-electron chi connectivity index (χ2n) is 10.3. The summed E-state index contributed by atoms with van der Waals surface area (Å²) in [7, 11) is 2.11. The Morgan fingerprint density at radius 2 is 1.52 bits per heavy atom. The van der Waals surface area contributed by atoms with Crippen molar-refractivity contribution >= 4 is 11.3 Å². The van der Waals surface area contributed by atoms with Crippen molar-refractivity contribution in [3.8, 4) is 0 Å². The molecule has 0 saturated carbocycles. The van der Waals surface area contributed by atoms with Crippen LogP contribution in [0.15, 0.2) is 30.3 Å². The zero-order valence-corrected chi connectivity index (χ0v) is 21.3. The van der Waals surface area contributed by atoms with Gasteiger partial charge in [0.1, 0.15) is 0 Å². The molecule has 4 nitrogen and oxygen atoms in total. The van der Waals surface area contributed by atoms with E-state index in [-0.39, 0.29) is 5.41 Å². The fourth-order valence-electron chi connectivity index (χ4n) is 5.14. The topological polar surface area (TPSA) is 27.7 Å². The monoisotopic (exact) mass is 429 g/mol. The normalized spacial score (nSPS) is 22.9. The number of nitrogens with zero attached hydrogens (tertiary/aromatic N) is 2. The summed E-state index contributed by atoms with van der Waals surface area (Å²) >= 11 is 0. The molecular weight excluding hydrogens is 382 g/mol. The summed E-state index contributed by atoms with van der Waals surface area (Å²) in [6, 6.07) is 8.99. The minimum atomic E-state index is 0.285. The first kappa shape index (κ1) is 25.9. The molecule has 2 heterocycles. The van der Waals surface area contributed by atoms with Crippen molar-refractivity contribution in [2.45, 2.75) is 54.4 Å². The third kappa shape index (κ3) is 8.25. The van der Waals surface area contributed by atoms with Gasteiger partial charge in [0.15, 0.2) is 0 Å². The van der Waals surface area contributed by atoms with Crippen LogP contribution in [0.5, 0.6) is 0 Å². The minimum Gasteiger partial charge on any atom is -0.379 e. The van der Waals surface area contributed by atoms with Crippen LogP contribution in [-0.4, -0.2) is 64.4 Å². The van der Waals surface area contributed by atoms with Gasteiger partial charge in [-0.3, -0.25) is 0 Å². The summed E-state index contributed by atoms with van der Waals surface area (Å²) in [6.45, 7) is 22.0. The Balaban J connectivity index is 0.000000319. The molecule has 176 valence electrons. The van der Waals surface area contributed by atoms with Crippen LogP contribution in [0.2, 0.25) is 0 Å². The lowest BCUT2D eigenvalue weighted by Crippen LogP contribution is -2.43. The molecule has 1 aromatic rings. The van der Waals surface area contributed by atoms with Crippen LogP contribution >= 0.6 is 0 Å². The van der Waals surface area contributed by atoms with E-state index in [1.807, 2.05) is 13.8 Å². The SMILES string of the molecule is CC.CC1(C)C=C(c2ccccc2N2CCNCC2)CC(C)(C)C1.CN1CCOCC1. The summed E-state index contributed by atoms with van der Waals surface area (Å²) in [5.74, 6) is 0. The van der Waals surface area contributed by atoms with Crippen LogP contribution in [0.3, 0.4) is 0 Å². The lowest BCUT2D eigenvalue weighted by atomic mass is 9.65. The maximum absolute atomic E-state index is 5.10. The van der Waals surface area contributed by atoms with Crippen LogP contribution in [0, 0.1) is 10.8 Å². The number of hydrogen-bond donors (Lipinski definition) is 1. The fourth-order valence-corrected chi connectivity index (χ4v) is 5.14. The van der Waals surface area contributed by atoms with E-state index >= 15 is 0 Å². The molecule has 1 aliphatic carbocycles. The number of nitrogens with one attached hydrogen (secondary N) is 1. The Morgan fingerprint density at radius 3 is 2.06 bits per heavy atom. The maximum atomic E-state index is 5.10. The third-order valence-electron chi connectivity index (χ3n) is 6.11. The van der Waals surface area contributed by atoms with Crippen LogP contribution in [0.4, 0.5) is 5.69 Å². The van der Waals surface area contributed by atoms with Gasteiger partial charge in [0, 0.05) is 50.5 Å². The zero-order chi connectivity index (χ0) is 22.9. The van der Waals surface area contributed by atoms with E-state index in [1.54, 1.807) is 0 Å². The molecule has 0 unspecified atom stereocenters. The van der Waals surface area contributed by atoms with Crippen molar-refractivity contribution in [1.82, 2.24) is 10.2 Å². The van der Waals surface area contributed by atoms with Crippen molar-refractivity contribution in [3.63, 3.8) is 0 Å². The Labute approximate surface area is 192 Å². The summed E-state index contributed by atoms with van der Waals surface area (Å²) in [5.41, 5.74) is 5.07. The van der Waals surface area contributed by atoms with Crippen molar-refractivity contribution < 1.29 is 4.74 Å². The summed E-state index contributed by atoms with van der Waals surface area (Å²) in [6.07, 6.45) is 4.97. The quantitative estimate of drug-likeness (QED) is 0.690. The van der Waals surface area contributed by atoms with Gasteiger partial charge >= 0.3 is 0 Å². The van der Waals surface area contributed by atoms with Crippen molar-refractivity contribution in [2.24, 2.45) is 10.8 Å². The number of para-hydroxylation sites is 1. The van der Waals surface area contributed by atoms with Crippen molar-refractivity contribution in [3.05, 3.63) is 35.9 Å². The number of hydrogen-bond acceptors (Lipinski definition) is 4. The molecule has 1 N–H and O–H groups in total. The number of rotatable bonds is 2. The second kappa shape index (κ2) is 12.0. The molecule has 2 saturated heterocycles. The average molecular weight is 430 g/mol. The van der Waals surface area contributed by atoms with Gasteiger partial charge in [0.25, 0.3) is 0 Å². The lowest BCUT2D eigenvalue weighted by molar-refractivity contribution is 0.0503. The van der Waals surface area contributed by atoms with E-state index in [1.165, 1.54) is 29.7 Å². The van der Waals surface area contributed by atoms with Crippen LogP contribution in [0.25, 0.3) is 5.57 Å². The molecule has 4 rings (SSSR count). The summed E-state index contributed by atoms with van der Waals surface area (Å²) < 4.78 is 5.10. The highest BCUT2D eigenvalue weighted by Crippen LogP contribution is 2.48. The van der Waals surface area contributed by atoms with Gasteiger partial charge in [-0.25, -0.2) is 0 Å².